The average Bonchev–Trinajstić information content (AvgIpc) is 2.68. The van der Waals surface area contributed by atoms with Crippen LogP contribution >= 0.6 is 0 Å². The number of halogens is 1. The van der Waals surface area contributed by atoms with Gasteiger partial charge in [0.05, 0.1) is 6.21 Å². The summed E-state index contributed by atoms with van der Waals surface area (Å²) in [6, 6.07) is 16.3. The molecule has 8 heteroatoms. The van der Waals surface area contributed by atoms with E-state index in [1.54, 1.807) is 23.1 Å². The van der Waals surface area contributed by atoms with E-state index in [0.29, 0.717) is 24.0 Å². The van der Waals surface area contributed by atoms with Gasteiger partial charge >= 0.3 is 0 Å². The number of rotatable bonds is 7. The number of anilines is 3. The van der Waals surface area contributed by atoms with Gasteiger partial charge in [0.1, 0.15) is 5.82 Å². The maximum atomic E-state index is 13.6. The van der Waals surface area contributed by atoms with Crippen LogP contribution < -0.4 is 15.6 Å². The molecular formula is C19H20FN7. The highest BCUT2D eigenvalue weighted by atomic mass is 19.1. The molecule has 0 fully saturated rings. The lowest BCUT2D eigenvalue weighted by atomic mass is 10.2. The Hall–Kier alpha value is -3.55. The van der Waals surface area contributed by atoms with E-state index in [9.17, 15) is 4.39 Å². The van der Waals surface area contributed by atoms with E-state index in [2.05, 4.69) is 30.8 Å². The van der Waals surface area contributed by atoms with Crippen molar-refractivity contribution >= 4 is 24.1 Å². The molecule has 27 heavy (non-hydrogen) atoms. The zero-order valence-electron chi connectivity index (χ0n) is 15.1. The molecule has 0 radical (unpaired) electrons. The number of hydrazone groups is 1. The molecule has 1 aromatic heterocycles. The third kappa shape index (κ3) is 5.21. The van der Waals surface area contributed by atoms with Gasteiger partial charge in [0.2, 0.25) is 17.8 Å². The van der Waals surface area contributed by atoms with E-state index in [1.807, 2.05) is 44.4 Å². The highest BCUT2D eigenvalue weighted by Crippen LogP contribution is 2.13. The largest absolute Gasteiger partial charge is 0.350 e. The molecule has 138 valence electrons. The van der Waals surface area contributed by atoms with Crippen LogP contribution in [0.25, 0.3) is 0 Å². The molecule has 0 atom stereocenters. The van der Waals surface area contributed by atoms with Crippen molar-refractivity contribution in [1.82, 2.24) is 15.0 Å². The molecule has 2 N–H and O–H groups in total. The van der Waals surface area contributed by atoms with Crippen LogP contribution in [-0.2, 0) is 6.54 Å². The lowest BCUT2D eigenvalue weighted by Gasteiger charge is -2.13. The van der Waals surface area contributed by atoms with E-state index in [4.69, 9.17) is 0 Å². The molecule has 0 saturated heterocycles. The third-order valence-electron chi connectivity index (χ3n) is 3.59. The first-order valence-corrected chi connectivity index (χ1v) is 8.36. The number of benzene rings is 2. The van der Waals surface area contributed by atoms with Crippen molar-refractivity contribution in [2.45, 2.75) is 6.54 Å². The molecule has 7 nitrogen and oxygen atoms in total. The van der Waals surface area contributed by atoms with Crippen LogP contribution in [0.2, 0.25) is 0 Å². The standard InChI is InChI=1S/C19H20FN7/c1-27(2)19-24-17(21-12-14-8-4-3-5-9-14)23-18(25-19)26-22-13-15-10-6-7-11-16(15)20/h3-11,13H,12H2,1-2H3,(H2,21,23,24,25,26)/b22-13+. The van der Waals surface area contributed by atoms with Crippen molar-refractivity contribution in [1.29, 1.82) is 0 Å². The van der Waals surface area contributed by atoms with E-state index in [-0.39, 0.29) is 11.8 Å². The quantitative estimate of drug-likeness (QED) is 0.495. The zero-order chi connectivity index (χ0) is 19.1. The average molecular weight is 365 g/mol. The number of aromatic nitrogens is 3. The van der Waals surface area contributed by atoms with E-state index in [1.165, 1.54) is 12.3 Å². The van der Waals surface area contributed by atoms with E-state index in [0.717, 1.165) is 5.56 Å². The third-order valence-corrected chi connectivity index (χ3v) is 3.59. The van der Waals surface area contributed by atoms with Gasteiger partial charge in [-0.15, -0.1) is 0 Å². The first kappa shape index (κ1) is 18.2. The van der Waals surface area contributed by atoms with Crippen molar-refractivity contribution < 1.29 is 4.39 Å². The maximum absolute atomic E-state index is 13.6. The van der Waals surface area contributed by atoms with Gasteiger partial charge in [-0.05, 0) is 11.6 Å². The Morgan fingerprint density at radius 2 is 1.67 bits per heavy atom. The lowest BCUT2D eigenvalue weighted by Crippen LogP contribution is -2.16. The molecule has 0 bridgehead atoms. The SMILES string of the molecule is CN(C)c1nc(NCc2ccccc2)nc(N/N=C/c2ccccc2F)n1. The summed E-state index contributed by atoms with van der Waals surface area (Å²) in [5.41, 5.74) is 4.21. The summed E-state index contributed by atoms with van der Waals surface area (Å²) in [5, 5.41) is 7.19. The number of nitrogens with zero attached hydrogens (tertiary/aromatic N) is 5. The van der Waals surface area contributed by atoms with Gasteiger partial charge in [0, 0.05) is 26.2 Å². The van der Waals surface area contributed by atoms with Gasteiger partial charge in [-0.3, -0.25) is 0 Å². The van der Waals surface area contributed by atoms with Crippen molar-refractivity contribution in [2.24, 2.45) is 5.10 Å². The number of hydrogen-bond acceptors (Lipinski definition) is 7. The predicted octanol–water partition coefficient (Wildman–Crippen LogP) is 3.13. The fourth-order valence-corrected chi connectivity index (χ4v) is 2.21. The monoisotopic (exact) mass is 365 g/mol. The lowest BCUT2D eigenvalue weighted by molar-refractivity contribution is 0.626. The molecular weight excluding hydrogens is 345 g/mol. The van der Waals surface area contributed by atoms with Crippen LogP contribution in [0.4, 0.5) is 22.2 Å². The molecule has 0 amide bonds. The molecule has 0 saturated carbocycles. The highest BCUT2D eigenvalue weighted by molar-refractivity contribution is 5.80. The first-order valence-electron chi connectivity index (χ1n) is 8.36. The highest BCUT2D eigenvalue weighted by Gasteiger charge is 2.08. The van der Waals surface area contributed by atoms with Gasteiger partial charge in [0.25, 0.3) is 0 Å². The molecule has 3 rings (SSSR count). The summed E-state index contributed by atoms with van der Waals surface area (Å²) in [7, 11) is 3.67. The van der Waals surface area contributed by atoms with Crippen molar-refractivity contribution in [3.05, 3.63) is 71.5 Å². The summed E-state index contributed by atoms with van der Waals surface area (Å²) < 4.78 is 13.6. The fraction of sp³-hybridized carbons (Fsp3) is 0.158. The van der Waals surface area contributed by atoms with Crippen LogP contribution in [0.3, 0.4) is 0 Å². The molecule has 0 aliphatic heterocycles. The van der Waals surface area contributed by atoms with Crippen molar-refractivity contribution in [3.8, 4) is 0 Å². The minimum absolute atomic E-state index is 0.261. The minimum atomic E-state index is -0.349. The summed E-state index contributed by atoms with van der Waals surface area (Å²) in [5.74, 6) is 0.806. The molecule has 0 spiro atoms. The Labute approximate surface area is 157 Å². The number of hydrogen-bond donors (Lipinski definition) is 2. The summed E-state index contributed by atoms with van der Waals surface area (Å²) in [4.78, 5) is 14.7. The Kier molecular flexibility index (Phi) is 5.88. The van der Waals surface area contributed by atoms with Crippen molar-refractivity contribution in [3.63, 3.8) is 0 Å². The minimum Gasteiger partial charge on any atom is -0.350 e. The van der Waals surface area contributed by atoms with Crippen LogP contribution in [0, 0.1) is 5.82 Å². The van der Waals surface area contributed by atoms with Crippen LogP contribution in [0.5, 0.6) is 0 Å². The first-order chi connectivity index (χ1) is 13.1. The van der Waals surface area contributed by atoms with Gasteiger partial charge < -0.3 is 10.2 Å². The van der Waals surface area contributed by atoms with E-state index < -0.39 is 0 Å². The fourth-order valence-electron chi connectivity index (χ4n) is 2.21. The van der Waals surface area contributed by atoms with E-state index >= 15 is 0 Å². The smallest absolute Gasteiger partial charge is 0.250 e. The van der Waals surface area contributed by atoms with Crippen LogP contribution in [-0.4, -0.2) is 35.3 Å². The molecule has 0 unspecified atom stereocenters. The van der Waals surface area contributed by atoms with Gasteiger partial charge in [-0.25, -0.2) is 9.82 Å². The zero-order valence-corrected chi connectivity index (χ0v) is 15.1. The Bertz CT molecular complexity index is 913. The second-order valence-electron chi connectivity index (χ2n) is 5.91. The second kappa shape index (κ2) is 8.70. The van der Waals surface area contributed by atoms with Gasteiger partial charge in [-0.1, -0.05) is 48.5 Å². The molecule has 2 aromatic carbocycles. The maximum Gasteiger partial charge on any atom is 0.250 e. The molecule has 0 aliphatic carbocycles. The normalized spacial score (nSPS) is 10.8. The second-order valence-corrected chi connectivity index (χ2v) is 5.91. The van der Waals surface area contributed by atoms with Crippen molar-refractivity contribution in [2.75, 3.05) is 29.7 Å². The summed E-state index contributed by atoms with van der Waals surface area (Å²) in [6.45, 7) is 0.579. The topological polar surface area (TPSA) is 78.3 Å². The number of nitrogens with one attached hydrogen (secondary N) is 2. The van der Waals surface area contributed by atoms with Crippen LogP contribution in [0.15, 0.2) is 59.7 Å². The summed E-state index contributed by atoms with van der Waals surface area (Å²) >= 11 is 0. The molecule has 0 aliphatic rings. The van der Waals surface area contributed by atoms with Crippen LogP contribution in [0.1, 0.15) is 11.1 Å². The molecule has 1 heterocycles. The van der Waals surface area contributed by atoms with Gasteiger partial charge in [-0.2, -0.15) is 20.1 Å². The van der Waals surface area contributed by atoms with Gasteiger partial charge in [0.15, 0.2) is 0 Å². The molecule has 3 aromatic rings. The Morgan fingerprint density at radius 3 is 2.41 bits per heavy atom. The Morgan fingerprint density at radius 1 is 0.963 bits per heavy atom. The Balaban J connectivity index is 1.74. The summed E-state index contributed by atoms with van der Waals surface area (Å²) in [6.07, 6.45) is 1.38. The predicted molar refractivity (Wildman–Crippen MR) is 106 cm³/mol.